The van der Waals surface area contributed by atoms with Gasteiger partial charge in [-0.05, 0) is 18.6 Å². The van der Waals surface area contributed by atoms with Crippen LogP contribution in [-0.2, 0) is 11.3 Å². The Morgan fingerprint density at radius 1 is 0.933 bits per heavy atom. The first-order valence-electron chi connectivity index (χ1n) is 10.6. The highest BCUT2D eigenvalue weighted by atomic mass is 16.6. The smallest absolute Gasteiger partial charge is 0.303 e. The Labute approximate surface area is 175 Å². The maximum Gasteiger partial charge on any atom is 0.303 e. The Kier molecular flexibility index (Phi) is 4.92. The second-order valence-electron chi connectivity index (χ2n) is 8.34. The molecule has 2 aromatic rings. The molecule has 0 unspecified atom stereocenters. The standard InChI is InChI=1S/C23H25N3O4/c1-16-4-2-3-5-17(16)14-24-6-8-25(9-7-24)15-26-19-13-21-20(29-10-11-30-21)12-18(19)22(27)23(26)28/h2-5,12-13H,6-11,14-15H2,1H3/p+2. The van der Waals surface area contributed by atoms with E-state index in [1.165, 1.54) is 16.0 Å². The van der Waals surface area contributed by atoms with E-state index in [1.807, 2.05) is 0 Å². The number of amides is 1. The van der Waals surface area contributed by atoms with E-state index in [0.29, 0.717) is 42.6 Å². The van der Waals surface area contributed by atoms with Crippen LogP contribution in [0.15, 0.2) is 36.4 Å². The van der Waals surface area contributed by atoms with E-state index >= 15 is 0 Å². The molecule has 0 aliphatic carbocycles. The molecule has 1 fully saturated rings. The normalized spacial score (nSPS) is 22.9. The van der Waals surface area contributed by atoms with Gasteiger partial charge in [0, 0.05) is 11.6 Å². The Morgan fingerprint density at radius 3 is 2.33 bits per heavy atom. The molecule has 7 nitrogen and oxygen atoms in total. The summed E-state index contributed by atoms with van der Waals surface area (Å²) in [5, 5.41) is 0. The van der Waals surface area contributed by atoms with Gasteiger partial charge in [-0.2, -0.15) is 0 Å². The number of nitrogens with one attached hydrogen (secondary N) is 2. The number of piperazine rings is 1. The van der Waals surface area contributed by atoms with Crippen molar-refractivity contribution in [1.82, 2.24) is 0 Å². The average Bonchev–Trinajstić information content (AvgIpc) is 2.99. The number of carbonyl (C=O) groups is 2. The second-order valence-corrected chi connectivity index (χ2v) is 8.34. The quantitative estimate of drug-likeness (QED) is 0.652. The fraction of sp³-hybridized carbons (Fsp3) is 0.391. The van der Waals surface area contributed by atoms with Crippen molar-refractivity contribution in [2.75, 3.05) is 51.0 Å². The zero-order chi connectivity index (χ0) is 20.7. The van der Waals surface area contributed by atoms with Crippen molar-refractivity contribution in [2.24, 2.45) is 0 Å². The Hall–Kier alpha value is -2.90. The number of ketones is 1. The third kappa shape index (κ3) is 3.44. The van der Waals surface area contributed by atoms with Crippen LogP contribution in [0.4, 0.5) is 5.69 Å². The SMILES string of the molecule is Cc1ccccc1C[NH+]1CC[NH+](CN2C(=O)C(=O)c3cc4c(cc32)OCCO4)CC1. The first kappa shape index (κ1) is 19.1. The van der Waals surface area contributed by atoms with E-state index in [9.17, 15) is 9.59 Å². The molecule has 30 heavy (non-hydrogen) atoms. The highest BCUT2D eigenvalue weighted by Gasteiger charge is 2.40. The molecule has 3 aliphatic heterocycles. The summed E-state index contributed by atoms with van der Waals surface area (Å²) in [6.07, 6.45) is 0. The molecular weight excluding hydrogens is 382 g/mol. The topological polar surface area (TPSA) is 64.7 Å². The van der Waals surface area contributed by atoms with Crippen LogP contribution in [0.25, 0.3) is 0 Å². The number of rotatable bonds is 4. The number of ether oxygens (including phenoxy) is 2. The molecule has 5 rings (SSSR count). The van der Waals surface area contributed by atoms with Crippen LogP contribution in [0.2, 0.25) is 0 Å². The van der Waals surface area contributed by atoms with Gasteiger partial charge in [0.05, 0.1) is 11.3 Å². The summed E-state index contributed by atoms with van der Waals surface area (Å²) in [6, 6.07) is 12.0. The zero-order valence-electron chi connectivity index (χ0n) is 17.2. The maximum atomic E-state index is 12.7. The van der Waals surface area contributed by atoms with Crippen molar-refractivity contribution in [3.63, 3.8) is 0 Å². The van der Waals surface area contributed by atoms with Crippen LogP contribution in [0.5, 0.6) is 11.5 Å². The lowest BCUT2D eigenvalue weighted by Crippen LogP contribution is -3.28. The largest absolute Gasteiger partial charge is 0.486 e. The summed E-state index contributed by atoms with van der Waals surface area (Å²) < 4.78 is 11.2. The van der Waals surface area contributed by atoms with Gasteiger partial charge in [-0.3, -0.25) is 14.5 Å². The molecule has 3 aliphatic rings. The van der Waals surface area contributed by atoms with Crippen molar-refractivity contribution >= 4 is 17.4 Å². The fourth-order valence-electron chi connectivity index (χ4n) is 4.58. The second kappa shape index (κ2) is 7.74. The van der Waals surface area contributed by atoms with Gasteiger partial charge < -0.3 is 19.3 Å². The number of carbonyl (C=O) groups excluding carboxylic acids is 2. The predicted molar refractivity (Wildman–Crippen MR) is 110 cm³/mol. The molecular formula is C23H27N3O4+2. The van der Waals surface area contributed by atoms with E-state index < -0.39 is 11.7 Å². The van der Waals surface area contributed by atoms with Crippen LogP contribution in [0.1, 0.15) is 21.5 Å². The molecule has 0 spiro atoms. The van der Waals surface area contributed by atoms with Crippen LogP contribution in [0.3, 0.4) is 0 Å². The molecule has 0 saturated carbocycles. The van der Waals surface area contributed by atoms with Crippen LogP contribution in [-0.4, -0.2) is 57.8 Å². The first-order valence-corrected chi connectivity index (χ1v) is 10.6. The molecule has 2 aromatic carbocycles. The highest BCUT2D eigenvalue weighted by Crippen LogP contribution is 2.40. The summed E-state index contributed by atoms with van der Waals surface area (Å²) in [6.45, 7) is 8.68. The number of hydrogen-bond donors (Lipinski definition) is 2. The highest BCUT2D eigenvalue weighted by molar-refractivity contribution is 6.52. The lowest BCUT2D eigenvalue weighted by atomic mass is 10.1. The molecule has 3 heterocycles. The molecule has 0 aromatic heterocycles. The zero-order valence-corrected chi connectivity index (χ0v) is 17.2. The molecule has 2 N–H and O–H groups in total. The third-order valence-electron chi connectivity index (χ3n) is 6.38. The minimum atomic E-state index is -0.454. The van der Waals surface area contributed by atoms with Gasteiger partial charge in [-0.25, -0.2) is 0 Å². The van der Waals surface area contributed by atoms with Crippen LogP contribution in [0, 0.1) is 6.92 Å². The summed E-state index contributed by atoms with van der Waals surface area (Å²) >= 11 is 0. The van der Waals surface area contributed by atoms with Crippen molar-refractivity contribution in [2.45, 2.75) is 13.5 Å². The van der Waals surface area contributed by atoms with E-state index in [4.69, 9.17) is 9.47 Å². The number of nitrogens with zero attached hydrogens (tertiary/aromatic N) is 1. The molecule has 7 heteroatoms. The van der Waals surface area contributed by atoms with E-state index in [-0.39, 0.29) is 0 Å². The average molecular weight is 409 g/mol. The lowest BCUT2D eigenvalue weighted by Gasteiger charge is -2.32. The monoisotopic (exact) mass is 409 g/mol. The van der Waals surface area contributed by atoms with Crippen LogP contribution >= 0.6 is 0 Å². The Bertz CT molecular complexity index is 998. The van der Waals surface area contributed by atoms with Gasteiger partial charge in [-0.15, -0.1) is 0 Å². The van der Waals surface area contributed by atoms with Gasteiger partial charge in [0.25, 0.3) is 5.78 Å². The van der Waals surface area contributed by atoms with Crippen molar-refractivity contribution in [1.29, 1.82) is 0 Å². The van der Waals surface area contributed by atoms with Crippen LogP contribution < -0.4 is 24.2 Å². The van der Waals surface area contributed by atoms with Gasteiger partial charge in [0.15, 0.2) is 18.2 Å². The number of Topliss-reactive ketones (excluding diaryl/α,β-unsaturated/α-hetero) is 1. The summed E-state index contributed by atoms with van der Waals surface area (Å²) in [4.78, 5) is 29.7. The van der Waals surface area contributed by atoms with Gasteiger partial charge in [0.2, 0.25) is 0 Å². The minimum absolute atomic E-state index is 0.424. The number of fused-ring (bicyclic) bond motifs is 2. The summed E-state index contributed by atoms with van der Waals surface area (Å²) in [7, 11) is 0. The van der Waals surface area contributed by atoms with Crippen molar-refractivity contribution in [3.05, 3.63) is 53.1 Å². The molecule has 0 bridgehead atoms. The third-order valence-corrected chi connectivity index (χ3v) is 6.38. The van der Waals surface area contributed by atoms with E-state index in [1.54, 1.807) is 21.9 Å². The molecule has 0 radical (unpaired) electrons. The molecule has 1 saturated heterocycles. The molecule has 0 atom stereocenters. The minimum Gasteiger partial charge on any atom is -0.486 e. The Balaban J connectivity index is 1.26. The number of aryl methyl sites for hydroxylation is 1. The number of hydrogen-bond acceptors (Lipinski definition) is 4. The maximum absolute atomic E-state index is 12.7. The number of benzene rings is 2. The Morgan fingerprint density at radius 2 is 1.60 bits per heavy atom. The predicted octanol–water partition coefficient (Wildman–Crippen LogP) is -0.763. The van der Waals surface area contributed by atoms with E-state index in [2.05, 4.69) is 31.2 Å². The first-order chi connectivity index (χ1) is 14.6. The van der Waals surface area contributed by atoms with Gasteiger partial charge in [0.1, 0.15) is 45.9 Å². The molecule has 1 amide bonds. The van der Waals surface area contributed by atoms with Crippen molar-refractivity contribution < 1.29 is 28.9 Å². The molecule has 156 valence electrons. The van der Waals surface area contributed by atoms with E-state index in [0.717, 1.165) is 32.7 Å². The number of anilines is 1. The summed E-state index contributed by atoms with van der Waals surface area (Å²) in [5.41, 5.74) is 3.81. The van der Waals surface area contributed by atoms with Crippen molar-refractivity contribution in [3.8, 4) is 11.5 Å². The van der Waals surface area contributed by atoms with Gasteiger partial charge >= 0.3 is 5.91 Å². The van der Waals surface area contributed by atoms with Gasteiger partial charge in [-0.1, -0.05) is 24.3 Å². The lowest BCUT2D eigenvalue weighted by molar-refractivity contribution is -1.02. The summed E-state index contributed by atoms with van der Waals surface area (Å²) in [5.74, 6) is 0.249. The fourth-order valence-corrected chi connectivity index (χ4v) is 4.58. The number of quaternary nitrogens is 2.